The van der Waals surface area contributed by atoms with Crippen molar-refractivity contribution in [1.82, 2.24) is 9.97 Å². The third-order valence-electron chi connectivity index (χ3n) is 2.71. The maximum Gasteiger partial charge on any atom is 0.134 e. The maximum atomic E-state index is 9.97. The van der Waals surface area contributed by atoms with Crippen LogP contribution in [0, 0.1) is 6.92 Å². The van der Waals surface area contributed by atoms with E-state index in [0.29, 0.717) is 6.54 Å². The van der Waals surface area contributed by atoms with Crippen molar-refractivity contribution in [2.24, 2.45) is 0 Å². The summed E-state index contributed by atoms with van der Waals surface area (Å²) < 4.78 is 0. The smallest absolute Gasteiger partial charge is 0.134 e. The lowest BCUT2D eigenvalue weighted by atomic mass is 10.2. The largest absolute Gasteiger partial charge is 0.387 e. The quantitative estimate of drug-likeness (QED) is 0.771. The van der Waals surface area contributed by atoms with Crippen LogP contribution in [0.5, 0.6) is 0 Å². The number of aliphatic hydroxyl groups excluding tert-OH is 1. The number of aliphatic hydroxyl groups is 1. The number of anilines is 2. The maximum absolute atomic E-state index is 9.97. The van der Waals surface area contributed by atoms with Crippen molar-refractivity contribution in [3.8, 4) is 0 Å². The van der Waals surface area contributed by atoms with Crippen molar-refractivity contribution in [3.63, 3.8) is 0 Å². The molecule has 0 bridgehead atoms. The van der Waals surface area contributed by atoms with Gasteiger partial charge in [-0.2, -0.15) is 11.3 Å². The summed E-state index contributed by atoms with van der Waals surface area (Å²) in [5.41, 5.74) is 1.87. The molecule has 2 rings (SSSR count). The molecule has 1 unspecified atom stereocenters. The minimum Gasteiger partial charge on any atom is -0.387 e. The highest BCUT2D eigenvalue weighted by atomic mass is 32.1. The number of rotatable bonds is 5. The Hall–Kier alpha value is -1.66. The molecule has 2 heterocycles. The van der Waals surface area contributed by atoms with Gasteiger partial charge in [0.05, 0.1) is 6.10 Å². The zero-order chi connectivity index (χ0) is 13.0. The van der Waals surface area contributed by atoms with Gasteiger partial charge in [0.1, 0.15) is 18.0 Å². The molecule has 5 nitrogen and oxygen atoms in total. The van der Waals surface area contributed by atoms with Gasteiger partial charge in [0, 0.05) is 19.2 Å². The van der Waals surface area contributed by atoms with Crippen LogP contribution in [-0.2, 0) is 0 Å². The lowest BCUT2D eigenvalue weighted by molar-refractivity contribution is 0.192. The monoisotopic (exact) mass is 264 g/mol. The molecule has 1 atom stereocenters. The number of hydrogen-bond donors (Lipinski definition) is 3. The van der Waals surface area contributed by atoms with E-state index in [1.54, 1.807) is 11.3 Å². The molecule has 0 radical (unpaired) electrons. The summed E-state index contributed by atoms with van der Waals surface area (Å²) in [6, 6.07) is 1.92. The van der Waals surface area contributed by atoms with Gasteiger partial charge in [0.25, 0.3) is 0 Å². The molecule has 2 aromatic heterocycles. The van der Waals surface area contributed by atoms with Crippen LogP contribution in [0.1, 0.15) is 17.2 Å². The molecule has 18 heavy (non-hydrogen) atoms. The van der Waals surface area contributed by atoms with Gasteiger partial charge in [0.2, 0.25) is 0 Å². The van der Waals surface area contributed by atoms with E-state index in [0.717, 1.165) is 22.8 Å². The first kappa shape index (κ1) is 12.8. The van der Waals surface area contributed by atoms with Crippen molar-refractivity contribution in [2.45, 2.75) is 13.0 Å². The Balaban J connectivity index is 2.02. The van der Waals surface area contributed by atoms with Crippen LogP contribution in [0.4, 0.5) is 11.6 Å². The Morgan fingerprint density at radius 1 is 1.39 bits per heavy atom. The molecule has 0 spiro atoms. The first-order valence-electron chi connectivity index (χ1n) is 5.65. The summed E-state index contributed by atoms with van der Waals surface area (Å²) in [4.78, 5) is 8.28. The molecule has 0 saturated heterocycles. The van der Waals surface area contributed by atoms with E-state index in [-0.39, 0.29) is 0 Å². The fourth-order valence-corrected chi connectivity index (χ4v) is 2.36. The van der Waals surface area contributed by atoms with Gasteiger partial charge in [-0.05, 0) is 29.3 Å². The van der Waals surface area contributed by atoms with Gasteiger partial charge in [-0.3, -0.25) is 0 Å². The van der Waals surface area contributed by atoms with Crippen molar-refractivity contribution in [1.29, 1.82) is 0 Å². The van der Waals surface area contributed by atoms with E-state index in [4.69, 9.17) is 0 Å². The van der Waals surface area contributed by atoms with Crippen molar-refractivity contribution in [3.05, 3.63) is 34.3 Å². The number of nitrogens with zero attached hydrogens (tertiary/aromatic N) is 2. The fraction of sp³-hybridized carbons (Fsp3) is 0.333. The second-order valence-corrected chi connectivity index (χ2v) is 4.68. The van der Waals surface area contributed by atoms with Gasteiger partial charge in [0.15, 0.2) is 0 Å². The second-order valence-electron chi connectivity index (χ2n) is 3.90. The van der Waals surface area contributed by atoms with Gasteiger partial charge in [-0.1, -0.05) is 0 Å². The molecular weight excluding hydrogens is 248 g/mol. The summed E-state index contributed by atoms with van der Waals surface area (Å²) in [5.74, 6) is 1.53. The normalized spacial score (nSPS) is 12.2. The second kappa shape index (κ2) is 5.79. The summed E-state index contributed by atoms with van der Waals surface area (Å²) in [6.45, 7) is 2.36. The summed E-state index contributed by atoms with van der Waals surface area (Å²) in [7, 11) is 1.82. The van der Waals surface area contributed by atoms with E-state index >= 15 is 0 Å². The minimum absolute atomic E-state index is 0.428. The van der Waals surface area contributed by atoms with E-state index in [2.05, 4.69) is 20.6 Å². The fourth-order valence-electron chi connectivity index (χ4n) is 1.66. The highest BCUT2D eigenvalue weighted by Crippen LogP contribution is 2.20. The Morgan fingerprint density at radius 2 is 2.17 bits per heavy atom. The van der Waals surface area contributed by atoms with Crippen LogP contribution in [-0.4, -0.2) is 28.7 Å². The molecule has 0 aliphatic rings. The molecule has 0 aliphatic carbocycles. The molecule has 6 heteroatoms. The SMILES string of the molecule is CNc1ncnc(NCC(O)c2ccsc2)c1C. The van der Waals surface area contributed by atoms with Gasteiger partial charge in [-0.25, -0.2) is 9.97 Å². The number of nitrogens with one attached hydrogen (secondary N) is 2. The van der Waals surface area contributed by atoms with E-state index in [1.807, 2.05) is 30.8 Å². The molecule has 0 saturated carbocycles. The average molecular weight is 264 g/mol. The van der Waals surface area contributed by atoms with Crippen LogP contribution in [0.3, 0.4) is 0 Å². The van der Waals surface area contributed by atoms with Crippen LogP contribution < -0.4 is 10.6 Å². The van der Waals surface area contributed by atoms with E-state index in [1.165, 1.54) is 6.33 Å². The zero-order valence-corrected chi connectivity index (χ0v) is 11.2. The third-order valence-corrected chi connectivity index (χ3v) is 3.41. The Kier molecular flexibility index (Phi) is 4.11. The topological polar surface area (TPSA) is 70.1 Å². The van der Waals surface area contributed by atoms with Gasteiger partial charge < -0.3 is 15.7 Å². The van der Waals surface area contributed by atoms with Gasteiger partial charge >= 0.3 is 0 Å². The predicted molar refractivity (Wildman–Crippen MR) is 74.1 cm³/mol. The van der Waals surface area contributed by atoms with Crippen LogP contribution in [0.25, 0.3) is 0 Å². The van der Waals surface area contributed by atoms with Crippen molar-refractivity contribution >= 4 is 23.0 Å². The van der Waals surface area contributed by atoms with E-state index < -0.39 is 6.10 Å². The molecule has 0 aliphatic heterocycles. The van der Waals surface area contributed by atoms with Crippen LogP contribution >= 0.6 is 11.3 Å². The molecule has 0 aromatic carbocycles. The summed E-state index contributed by atoms with van der Waals surface area (Å²) in [5, 5.41) is 20.0. The Morgan fingerprint density at radius 3 is 2.83 bits per heavy atom. The number of thiophene rings is 1. The Bertz CT molecular complexity index is 501. The lowest BCUT2D eigenvalue weighted by Gasteiger charge is -2.13. The van der Waals surface area contributed by atoms with Crippen molar-refractivity contribution in [2.75, 3.05) is 24.2 Å². The summed E-state index contributed by atoms with van der Waals surface area (Å²) >= 11 is 1.58. The lowest BCUT2D eigenvalue weighted by Crippen LogP contribution is -2.14. The standard InChI is InChI=1S/C12H16N4OS/c1-8-11(13-2)15-7-16-12(8)14-5-10(17)9-3-4-18-6-9/h3-4,6-7,10,17H,5H2,1-2H3,(H2,13,14,15,16). The van der Waals surface area contributed by atoms with E-state index in [9.17, 15) is 5.11 Å². The summed E-state index contributed by atoms with van der Waals surface area (Å²) in [6.07, 6.45) is 0.974. The predicted octanol–water partition coefficient (Wildman–Crippen LogP) is 2.03. The van der Waals surface area contributed by atoms with Gasteiger partial charge in [-0.15, -0.1) is 0 Å². The molecule has 0 fully saturated rings. The molecular formula is C12H16N4OS. The third kappa shape index (κ3) is 2.77. The van der Waals surface area contributed by atoms with Crippen molar-refractivity contribution < 1.29 is 5.11 Å². The Labute approximate surface area is 110 Å². The molecule has 0 amide bonds. The van der Waals surface area contributed by atoms with Crippen LogP contribution in [0.2, 0.25) is 0 Å². The highest BCUT2D eigenvalue weighted by molar-refractivity contribution is 7.07. The number of hydrogen-bond acceptors (Lipinski definition) is 6. The molecule has 2 aromatic rings. The number of aromatic nitrogens is 2. The highest BCUT2D eigenvalue weighted by Gasteiger charge is 2.10. The molecule has 96 valence electrons. The van der Waals surface area contributed by atoms with Crippen LogP contribution in [0.15, 0.2) is 23.2 Å². The minimum atomic E-state index is -0.524. The zero-order valence-electron chi connectivity index (χ0n) is 10.3. The average Bonchev–Trinajstić information content (AvgIpc) is 2.91. The molecule has 3 N–H and O–H groups in total. The first-order valence-corrected chi connectivity index (χ1v) is 6.60. The first-order chi connectivity index (χ1) is 8.72.